The molecule has 0 unspecified atom stereocenters. The summed E-state index contributed by atoms with van der Waals surface area (Å²) in [6.45, 7) is 4.61. The summed E-state index contributed by atoms with van der Waals surface area (Å²) in [7, 11) is 0. The van der Waals surface area contributed by atoms with Crippen LogP contribution in [0.25, 0.3) is 5.65 Å². The maximum absolute atomic E-state index is 12.6. The summed E-state index contributed by atoms with van der Waals surface area (Å²) >= 11 is 0. The Hall–Kier alpha value is -3.15. The summed E-state index contributed by atoms with van der Waals surface area (Å²) in [6, 6.07) is 12.9. The van der Waals surface area contributed by atoms with Crippen molar-refractivity contribution < 1.29 is 9.59 Å². The minimum atomic E-state index is -0.291. The second-order valence-electron chi connectivity index (χ2n) is 6.00. The number of carbonyl (C=O) groups excluding carboxylic acids is 2. The predicted octanol–water partition coefficient (Wildman–Crippen LogP) is 3.29. The zero-order valence-corrected chi connectivity index (χ0v) is 15.0. The first kappa shape index (κ1) is 17.7. The van der Waals surface area contributed by atoms with Crippen LogP contribution in [0.5, 0.6) is 0 Å². The van der Waals surface area contributed by atoms with Crippen LogP contribution in [0.3, 0.4) is 0 Å². The lowest BCUT2D eigenvalue weighted by Crippen LogP contribution is -2.27. The number of nitrogens with zero attached hydrogens (tertiary/aromatic N) is 2. The molecule has 3 rings (SSSR count). The van der Waals surface area contributed by atoms with Crippen LogP contribution in [0.15, 0.2) is 48.7 Å². The summed E-state index contributed by atoms with van der Waals surface area (Å²) in [5.74, 6) is -0.294. The van der Waals surface area contributed by atoms with Crippen molar-refractivity contribution in [2.45, 2.75) is 26.7 Å². The van der Waals surface area contributed by atoms with E-state index < -0.39 is 0 Å². The smallest absolute Gasteiger partial charge is 0.272 e. The summed E-state index contributed by atoms with van der Waals surface area (Å²) < 4.78 is 1.68. The van der Waals surface area contributed by atoms with Crippen LogP contribution in [0.4, 0.5) is 5.82 Å². The van der Waals surface area contributed by atoms with E-state index in [4.69, 9.17) is 0 Å². The predicted molar refractivity (Wildman–Crippen MR) is 102 cm³/mol. The van der Waals surface area contributed by atoms with Crippen LogP contribution in [0, 0.1) is 0 Å². The minimum absolute atomic E-state index is 0.259. The zero-order valence-electron chi connectivity index (χ0n) is 15.0. The Balaban J connectivity index is 1.93. The van der Waals surface area contributed by atoms with E-state index in [1.165, 1.54) is 0 Å². The Morgan fingerprint density at radius 2 is 1.81 bits per heavy atom. The van der Waals surface area contributed by atoms with E-state index in [-0.39, 0.29) is 17.6 Å². The molecule has 0 bridgehead atoms. The Labute approximate surface area is 152 Å². The number of amides is 2. The van der Waals surface area contributed by atoms with Gasteiger partial charge in [0.2, 0.25) is 0 Å². The van der Waals surface area contributed by atoms with Crippen LogP contribution >= 0.6 is 0 Å². The van der Waals surface area contributed by atoms with Gasteiger partial charge in [0.05, 0.1) is 0 Å². The van der Waals surface area contributed by atoms with E-state index >= 15 is 0 Å². The van der Waals surface area contributed by atoms with Crippen LogP contribution in [0.2, 0.25) is 0 Å². The van der Waals surface area contributed by atoms with Gasteiger partial charge in [-0.2, -0.15) is 0 Å². The maximum Gasteiger partial charge on any atom is 0.272 e. The highest BCUT2D eigenvalue weighted by atomic mass is 16.2. The highest BCUT2D eigenvalue weighted by Crippen LogP contribution is 2.19. The third kappa shape index (κ3) is 3.59. The van der Waals surface area contributed by atoms with Gasteiger partial charge >= 0.3 is 0 Å². The van der Waals surface area contributed by atoms with E-state index in [0.717, 1.165) is 18.4 Å². The van der Waals surface area contributed by atoms with E-state index in [9.17, 15) is 9.59 Å². The lowest BCUT2D eigenvalue weighted by molar-refractivity contribution is 0.0949. The van der Waals surface area contributed by atoms with Crippen molar-refractivity contribution in [2.75, 3.05) is 11.9 Å². The summed E-state index contributed by atoms with van der Waals surface area (Å²) in [5, 5.41) is 5.62. The van der Waals surface area contributed by atoms with Crippen LogP contribution < -0.4 is 10.6 Å². The molecular weight excluding hydrogens is 328 g/mol. The molecule has 0 fully saturated rings. The molecule has 2 heterocycles. The molecule has 0 saturated heterocycles. The fraction of sp³-hybridized carbons (Fsp3) is 0.250. The topological polar surface area (TPSA) is 75.5 Å². The molecule has 0 atom stereocenters. The maximum atomic E-state index is 12.6. The van der Waals surface area contributed by atoms with Crippen molar-refractivity contribution in [3.8, 4) is 0 Å². The molecule has 0 aliphatic rings. The molecule has 2 amide bonds. The van der Waals surface area contributed by atoms with Gasteiger partial charge in [0, 0.05) is 18.3 Å². The van der Waals surface area contributed by atoms with E-state index in [1.807, 2.05) is 31.2 Å². The molecule has 6 nitrogen and oxygen atoms in total. The van der Waals surface area contributed by atoms with Crippen molar-refractivity contribution in [1.29, 1.82) is 0 Å². The Morgan fingerprint density at radius 3 is 2.50 bits per heavy atom. The SMILES string of the molecule is CCCNC(=O)c1c(NC(=O)c2ccc(CC)cc2)nc2ccccn12. The third-order valence-electron chi connectivity index (χ3n) is 4.14. The molecule has 0 aliphatic heterocycles. The highest BCUT2D eigenvalue weighted by Gasteiger charge is 2.21. The molecule has 0 spiro atoms. The van der Waals surface area contributed by atoms with Crippen LogP contribution in [0.1, 0.15) is 46.7 Å². The number of rotatable bonds is 6. The van der Waals surface area contributed by atoms with Crippen molar-refractivity contribution >= 4 is 23.3 Å². The fourth-order valence-corrected chi connectivity index (χ4v) is 2.69. The van der Waals surface area contributed by atoms with E-state index in [2.05, 4.69) is 22.5 Å². The molecule has 3 aromatic rings. The number of benzene rings is 1. The first-order chi connectivity index (χ1) is 12.6. The number of hydrogen-bond acceptors (Lipinski definition) is 3. The van der Waals surface area contributed by atoms with Gasteiger partial charge in [0.25, 0.3) is 11.8 Å². The first-order valence-electron chi connectivity index (χ1n) is 8.79. The van der Waals surface area contributed by atoms with Gasteiger partial charge in [-0.3, -0.25) is 14.0 Å². The van der Waals surface area contributed by atoms with Crippen molar-refractivity contribution in [1.82, 2.24) is 14.7 Å². The number of hydrogen-bond donors (Lipinski definition) is 2. The van der Waals surface area contributed by atoms with E-state index in [0.29, 0.717) is 23.4 Å². The van der Waals surface area contributed by atoms with Crippen LogP contribution in [-0.4, -0.2) is 27.7 Å². The van der Waals surface area contributed by atoms with Gasteiger partial charge in [-0.05, 0) is 42.7 Å². The summed E-state index contributed by atoms with van der Waals surface area (Å²) in [5.41, 5.74) is 2.62. The molecule has 0 aliphatic carbocycles. The molecule has 2 N–H and O–H groups in total. The van der Waals surface area contributed by atoms with E-state index in [1.54, 1.807) is 28.8 Å². The molecule has 1 aromatic carbocycles. The zero-order chi connectivity index (χ0) is 18.5. The Kier molecular flexibility index (Phi) is 5.31. The van der Waals surface area contributed by atoms with Gasteiger partial charge in [-0.25, -0.2) is 4.98 Å². The minimum Gasteiger partial charge on any atom is -0.351 e. The van der Waals surface area contributed by atoms with Crippen LogP contribution in [-0.2, 0) is 6.42 Å². The fourth-order valence-electron chi connectivity index (χ4n) is 2.69. The number of fused-ring (bicyclic) bond motifs is 1. The normalized spacial score (nSPS) is 10.7. The number of carbonyl (C=O) groups is 2. The molecule has 2 aromatic heterocycles. The average Bonchev–Trinajstić information content (AvgIpc) is 3.04. The van der Waals surface area contributed by atoms with Gasteiger partial charge in [-0.1, -0.05) is 32.0 Å². The number of aromatic nitrogens is 2. The molecular formula is C20H22N4O2. The van der Waals surface area contributed by atoms with Gasteiger partial charge in [0.15, 0.2) is 11.5 Å². The number of imidazole rings is 1. The monoisotopic (exact) mass is 350 g/mol. The summed E-state index contributed by atoms with van der Waals surface area (Å²) in [6.07, 6.45) is 3.50. The number of pyridine rings is 1. The Morgan fingerprint density at radius 1 is 1.04 bits per heavy atom. The average molecular weight is 350 g/mol. The summed E-state index contributed by atoms with van der Waals surface area (Å²) in [4.78, 5) is 29.6. The molecule has 6 heteroatoms. The number of nitrogens with one attached hydrogen (secondary N) is 2. The Bertz CT molecular complexity index is 929. The second-order valence-corrected chi connectivity index (χ2v) is 6.00. The van der Waals surface area contributed by atoms with Crippen molar-refractivity contribution in [2.24, 2.45) is 0 Å². The quantitative estimate of drug-likeness (QED) is 0.716. The van der Waals surface area contributed by atoms with Crippen molar-refractivity contribution in [3.05, 3.63) is 65.5 Å². The second kappa shape index (κ2) is 7.82. The van der Waals surface area contributed by atoms with Gasteiger partial charge < -0.3 is 10.6 Å². The van der Waals surface area contributed by atoms with Gasteiger partial charge in [0.1, 0.15) is 5.65 Å². The molecule has 0 radical (unpaired) electrons. The van der Waals surface area contributed by atoms with Gasteiger partial charge in [-0.15, -0.1) is 0 Å². The number of anilines is 1. The molecule has 0 saturated carbocycles. The first-order valence-corrected chi connectivity index (χ1v) is 8.79. The molecule has 26 heavy (non-hydrogen) atoms. The number of aryl methyl sites for hydroxylation is 1. The lowest BCUT2D eigenvalue weighted by Gasteiger charge is -2.08. The lowest BCUT2D eigenvalue weighted by atomic mass is 10.1. The standard InChI is InChI=1S/C20H22N4O2/c1-3-12-21-20(26)17-18(22-16-7-5-6-13-24(16)17)23-19(25)15-10-8-14(4-2)9-11-15/h5-11,13H,3-4,12H2,1-2H3,(H,21,26)(H,23,25). The largest absolute Gasteiger partial charge is 0.351 e. The molecule has 134 valence electrons. The highest BCUT2D eigenvalue weighted by molar-refractivity contribution is 6.08. The van der Waals surface area contributed by atoms with Crippen molar-refractivity contribution in [3.63, 3.8) is 0 Å². The third-order valence-corrected chi connectivity index (χ3v) is 4.14.